The maximum Gasteiger partial charge on any atom is 0.253 e. The van der Waals surface area contributed by atoms with E-state index in [1.807, 2.05) is 31.1 Å². The van der Waals surface area contributed by atoms with E-state index in [2.05, 4.69) is 43.9 Å². The molecule has 9 nitrogen and oxygen atoms in total. The van der Waals surface area contributed by atoms with Crippen molar-refractivity contribution < 1.29 is 9.53 Å². The standard InChI is InChI=1S/C26H41N7O2/c1-19-18-23(20(2)33(19)13-5-12-32-14-16-35-17-15-32)25(34)28-21-6-8-22(9-7-21)29-26-27-11-10-24(30-26)31(3)4/h10-11,18,21-22H,5-9,12-17H2,1-4H3,(H,28,34)(H,27,29,30). The zero-order valence-electron chi connectivity index (χ0n) is 21.7. The topological polar surface area (TPSA) is 87.6 Å². The summed E-state index contributed by atoms with van der Waals surface area (Å²) in [5.41, 5.74) is 3.03. The van der Waals surface area contributed by atoms with Gasteiger partial charge in [-0.15, -0.1) is 0 Å². The van der Waals surface area contributed by atoms with Crippen LogP contribution in [0.3, 0.4) is 0 Å². The molecule has 0 spiro atoms. The normalized spacial score (nSPS) is 21.0. The van der Waals surface area contributed by atoms with Crippen molar-refractivity contribution in [3.05, 3.63) is 35.3 Å². The number of carbonyl (C=O) groups excluding carboxylic acids is 1. The predicted octanol–water partition coefficient (Wildman–Crippen LogP) is 2.84. The Balaban J connectivity index is 1.25. The van der Waals surface area contributed by atoms with Crippen LogP contribution in [0, 0.1) is 13.8 Å². The zero-order chi connectivity index (χ0) is 24.8. The van der Waals surface area contributed by atoms with Crippen LogP contribution in [-0.2, 0) is 11.3 Å². The lowest BCUT2D eigenvalue weighted by molar-refractivity contribution is 0.0369. The van der Waals surface area contributed by atoms with Crippen molar-refractivity contribution in [2.24, 2.45) is 0 Å². The molecule has 0 radical (unpaired) electrons. The third kappa shape index (κ3) is 6.73. The Morgan fingerprint density at radius 1 is 1.11 bits per heavy atom. The van der Waals surface area contributed by atoms with Crippen LogP contribution >= 0.6 is 0 Å². The minimum atomic E-state index is 0.0518. The molecular formula is C26H41N7O2. The minimum Gasteiger partial charge on any atom is -0.379 e. The average Bonchev–Trinajstić information content (AvgIpc) is 3.14. The smallest absolute Gasteiger partial charge is 0.253 e. The number of amides is 1. The fraction of sp³-hybridized carbons (Fsp3) is 0.654. The molecule has 0 atom stereocenters. The van der Waals surface area contributed by atoms with Crippen LogP contribution in [0.4, 0.5) is 11.8 Å². The molecule has 2 N–H and O–H groups in total. The van der Waals surface area contributed by atoms with Crippen LogP contribution in [-0.4, -0.2) is 84.4 Å². The SMILES string of the molecule is Cc1cc(C(=O)NC2CCC(Nc3nccc(N(C)C)n3)CC2)c(C)n1CCCN1CCOCC1. The van der Waals surface area contributed by atoms with Crippen molar-refractivity contribution in [2.75, 3.05) is 57.2 Å². The van der Waals surface area contributed by atoms with Gasteiger partial charge in [0, 0.05) is 69.9 Å². The number of ether oxygens (including phenoxy) is 1. The highest BCUT2D eigenvalue weighted by molar-refractivity contribution is 5.95. The number of nitrogens with zero attached hydrogens (tertiary/aromatic N) is 5. The Morgan fingerprint density at radius 3 is 2.54 bits per heavy atom. The van der Waals surface area contributed by atoms with Crippen LogP contribution in [0.15, 0.2) is 18.3 Å². The van der Waals surface area contributed by atoms with Crippen LogP contribution in [0.2, 0.25) is 0 Å². The van der Waals surface area contributed by atoms with E-state index in [0.717, 1.165) is 94.3 Å². The molecular weight excluding hydrogens is 442 g/mol. The Morgan fingerprint density at radius 2 is 1.83 bits per heavy atom. The maximum absolute atomic E-state index is 13.1. The van der Waals surface area contributed by atoms with Gasteiger partial charge in [0.15, 0.2) is 0 Å². The van der Waals surface area contributed by atoms with Crippen LogP contribution in [0.5, 0.6) is 0 Å². The number of nitrogens with one attached hydrogen (secondary N) is 2. The van der Waals surface area contributed by atoms with Gasteiger partial charge in [-0.25, -0.2) is 4.98 Å². The lowest BCUT2D eigenvalue weighted by Gasteiger charge is -2.29. The van der Waals surface area contributed by atoms with Gasteiger partial charge >= 0.3 is 0 Å². The summed E-state index contributed by atoms with van der Waals surface area (Å²) in [6, 6.07) is 4.48. The summed E-state index contributed by atoms with van der Waals surface area (Å²) in [5, 5.41) is 6.76. The molecule has 3 heterocycles. The van der Waals surface area contributed by atoms with Crippen LogP contribution in [0.1, 0.15) is 53.8 Å². The molecule has 1 aliphatic carbocycles. The number of anilines is 2. The highest BCUT2D eigenvalue weighted by Gasteiger charge is 2.25. The third-order valence-electron chi connectivity index (χ3n) is 7.27. The Labute approximate surface area is 209 Å². The quantitative estimate of drug-likeness (QED) is 0.567. The van der Waals surface area contributed by atoms with Gasteiger partial charge in [-0.05, 0) is 58.1 Å². The average molecular weight is 484 g/mol. The van der Waals surface area contributed by atoms with Gasteiger partial charge in [0.05, 0.1) is 18.8 Å². The maximum atomic E-state index is 13.1. The summed E-state index contributed by atoms with van der Waals surface area (Å²) >= 11 is 0. The van der Waals surface area contributed by atoms with E-state index < -0.39 is 0 Å². The first-order valence-corrected chi connectivity index (χ1v) is 13.0. The molecule has 9 heteroatoms. The number of aromatic nitrogens is 3. The molecule has 1 aliphatic heterocycles. The van der Waals surface area contributed by atoms with Gasteiger partial charge in [-0.2, -0.15) is 4.98 Å². The molecule has 0 aromatic carbocycles. The highest BCUT2D eigenvalue weighted by atomic mass is 16.5. The first kappa shape index (κ1) is 25.4. The van der Waals surface area contributed by atoms with Gasteiger partial charge in [-0.1, -0.05) is 0 Å². The lowest BCUT2D eigenvalue weighted by atomic mass is 9.91. The predicted molar refractivity (Wildman–Crippen MR) is 139 cm³/mol. The van der Waals surface area contributed by atoms with Gasteiger partial charge in [0.1, 0.15) is 5.82 Å². The highest BCUT2D eigenvalue weighted by Crippen LogP contribution is 2.23. The van der Waals surface area contributed by atoms with Gasteiger partial charge in [0.2, 0.25) is 5.95 Å². The van der Waals surface area contributed by atoms with Crippen molar-refractivity contribution in [1.29, 1.82) is 0 Å². The Bertz CT molecular complexity index is 976. The van der Waals surface area contributed by atoms with E-state index >= 15 is 0 Å². The second-order valence-electron chi connectivity index (χ2n) is 10.0. The first-order valence-electron chi connectivity index (χ1n) is 13.0. The van der Waals surface area contributed by atoms with E-state index in [-0.39, 0.29) is 11.9 Å². The van der Waals surface area contributed by atoms with Gasteiger partial charge < -0.3 is 24.8 Å². The van der Waals surface area contributed by atoms with Crippen molar-refractivity contribution in [3.8, 4) is 0 Å². The van der Waals surface area contributed by atoms with E-state index in [1.54, 1.807) is 6.20 Å². The summed E-state index contributed by atoms with van der Waals surface area (Å²) in [7, 11) is 3.95. The summed E-state index contributed by atoms with van der Waals surface area (Å²) in [4.78, 5) is 26.5. The van der Waals surface area contributed by atoms with Gasteiger partial charge in [-0.3, -0.25) is 9.69 Å². The summed E-state index contributed by atoms with van der Waals surface area (Å²) in [5.74, 6) is 1.61. The van der Waals surface area contributed by atoms with Crippen molar-refractivity contribution in [2.45, 2.75) is 64.6 Å². The molecule has 192 valence electrons. The van der Waals surface area contributed by atoms with Crippen molar-refractivity contribution >= 4 is 17.7 Å². The number of rotatable bonds is 9. The molecule has 1 saturated carbocycles. The number of hydrogen-bond donors (Lipinski definition) is 2. The van der Waals surface area contributed by atoms with E-state index in [9.17, 15) is 4.79 Å². The molecule has 2 aromatic rings. The van der Waals surface area contributed by atoms with Crippen molar-refractivity contribution in [1.82, 2.24) is 24.8 Å². The number of carbonyl (C=O) groups is 1. The summed E-state index contributed by atoms with van der Waals surface area (Å²) in [6.45, 7) is 9.89. The van der Waals surface area contributed by atoms with E-state index in [4.69, 9.17) is 4.74 Å². The molecule has 35 heavy (non-hydrogen) atoms. The lowest BCUT2D eigenvalue weighted by Crippen LogP contribution is -2.40. The third-order valence-corrected chi connectivity index (χ3v) is 7.27. The molecule has 2 fully saturated rings. The fourth-order valence-electron chi connectivity index (χ4n) is 5.15. The molecule has 2 aliphatic rings. The Kier molecular flexibility index (Phi) is 8.62. The monoisotopic (exact) mass is 483 g/mol. The Hall–Kier alpha value is -2.65. The van der Waals surface area contributed by atoms with Crippen LogP contribution in [0.25, 0.3) is 0 Å². The molecule has 1 amide bonds. The van der Waals surface area contributed by atoms with Gasteiger partial charge in [0.25, 0.3) is 5.91 Å². The molecule has 0 unspecified atom stereocenters. The van der Waals surface area contributed by atoms with Crippen molar-refractivity contribution in [3.63, 3.8) is 0 Å². The van der Waals surface area contributed by atoms with E-state index in [0.29, 0.717) is 12.0 Å². The number of morpholine rings is 1. The second kappa shape index (κ2) is 11.9. The molecule has 0 bridgehead atoms. The second-order valence-corrected chi connectivity index (χ2v) is 10.0. The fourth-order valence-corrected chi connectivity index (χ4v) is 5.15. The first-order chi connectivity index (χ1) is 16.9. The molecule has 1 saturated heterocycles. The van der Waals surface area contributed by atoms with Crippen LogP contribution < -0.4 is 15.5 Å². The summed E-state index contributed by atoms with van der Waals surface area (Å²) < 4.78 is 7.73. The summed E-state index contributed by atoms with van der Waals surface area (Å²) in [6.07, 6.45) is 6.75. The number of aryl methyl sites for hydroxylation is 1. The largest absolute Gasteiger partial charge is 0.379 e. The molecule has 2 aromatic heterocycles. The number of hydrogen-bond acceptors (Lipinski definition) is 7. The minimum absolute atomic E-state index is 0.0518. The van der Waals surface area contributed by atoms with E-state index in [1.165, 1.54) is 0 Å². The zero-order valence-corrected chi connectivity index (χ0v) is 21.7. The molecule has 4 rings (SSSR count).